The third-order valence-electron chi connectivity index (χ3n) is 7.57. The van der Waals surface area contributed by atoms with Crippen molar-refractivity contribution in [2.45, 2.75) is 57.9 Å². The van der Waals surface area contributed by atoms with Crippen LogP contribution in [-0.4, -0.2) is 77.7 Å². The molecule has 0 saturated carbocycles. The van der Waals surface area contributed by atoms with Crippen LogP contribution in [0.4, 0.5) is 17.5 Å². The number of nitrogen functional groups attached to an aromatic ring is 1. The fourth-order valence-electron chi connectivity index (χ4n) is 5.39. The van der Waals surface area contributed by atoms with Crippen molar-refractivity contribution < 1.29 is 14.6 Å². The Kier molecular flexibility index (Phi) is 11.8. The molecule has 214 valence electrons. The zero-order valence-corrected chi connectivity index (χ0v) is 23.6. The Morgan fingerprint density at radius 2 is 1.92 bits per heavy atom. The van der Waals surface area contributed by atoms with E-state index in [9.17, 15) is 5.11 Å². The zero-order chi connectivity index (χ0) is 28.2. The number of aromatic nitrogens is 2. The summed E-state index contributed by atoms with van der Waals surface area (Å²) in [6.45, 7) is 6.85. The Labute approximate surface area is 232 Å². The maximum atomic E-state index is 9.54. The minimum Gasteiger partial charge on any atom is -0.503 e. The van der Waals surface area contributed by atoms with Gasteiger partial charge in [0.25, 0.3) is 0 Å². The number of rotatable bonds is 4. The van der Waals surface area contributed by atoms with Crippen LogP contribution in [0.2, 0.25) is 0 Å². The van der Waals surface area contributed by atoms with E-state index in [0.29, 0.717) is 12.0 Å². The van der Waals surface area contributed by atoms with Crippen molar-refractivity contribution in [3.05, 3.63) is 41.6 Å². The summed E-state index contributed by atoms with van der Waals surface area (Å²) in [6, 6.07) is 4.81. The average Bonchev–Trinajstić information content (AvgIpc) is 3.15. The van der Waals surface area contributed by atoms with Crippen molar-refractivity contribution in [1.29, 1.82) is 0 Å². The number of aromatic hydroxyl groups is 1. The second-order valence-corrected chi connectivity index (χ2v) is 10.4. The molecule has 3 aliphatic rings. The van der Waals surface area contributed by atoms with E-state index in [1.807, 2.05) is 6.07 Å². The van der Waals surface area contributed by atoms with Crippen molar-refractivity contribution >= 4 is 23.9 Å². The lowest BCUT2D eigenvalue weighted by Gasteiger charge is -2.37. The van der Waals surface area contributed by atoms with Crippen molar-refractivity contribution in [3.63, 3.8) is 0 Å². The monoisotopic (exact) mass is 539 g/mol. The van der Waals surface area contributed by atoms with Crippen molar-refractivity contribution in [3.8, 4) is 11.5 Å². The van der Waals surface area contributed by atoms with E-state index in [-0.39, 0.29) is 18.0 Å². The first-order valence-electron chi connectivity index (χ1n) is 13.9. The summed E-state index contributed by atoms with van der Waals surface area (Å²) in [6.07, 6.45) is 14.7. The number of anilines is 3. The van der Waals surface area contributed by atoms with Gasteiger partial charge in [-0.1, -0.05) is 25.1 Å². The van der Waals surface area contributed by atoms with E-state index >= 15 is 0 Å². The average molecular weight is 540 g/mol. The number of amides is 1. The standard InChI is InChI=1S/C21H30N6O2.C7H12.CH3NO/c1-26-8-10-27(11-9-26)15-4-3-5-16-14(12-15)6-7-17(19(16)29-2)24-21-23-13-18(28)20(22)25-21;1-7-5-3-2-4-6-7;2-1-3/h6-7,13,15,28H,3-5,8-12H2,1-2H3,(H3,22,23,24,25);3,5,7H,2,4,6H2,1H3;1H,(H2,2,3)/t;7-;/m.0./s1. The molecule has 1 aliphatic heterocycles. The maximum absolute atomic E-state index is 9.54. The fraction of sp³-hybridized carbons (Fsp3) is 0.552. The summed E-state index contributed by atoms with van der Waals surface area (Å²) in [7, 11) is 3.90. The molecule has 1 unspecified atom stereocenters. The maximum Gasteiger partial charge on any atom is 0.229 e. The van der Waals surface area contributed by atoms with Crippen LogP contribution in [0.15, 0.2) is 30.5 Å². The van der Waals surface area contributed by atoms with E-state index in [1.165, 1.54) is 43.0 Å². The highest BCUT2D eigenvalue weighted by Crippen LogP contribution is 2.37. The first-order chi connectivity index (χ1) is 18.9. The van der Waals surface area contributed by atoms with Gasteiger partial charge >= 0.3 is 0 Å². The Bertz CT molecular complexity index is 1090. The number of nitrogens with zero attached hydrogens (tertiary/aromatic N) is 4. The Morgan fingerprint density at radius 3 is 2.51 bits per heavy atom. The molecule has 10 heteroatoms. The van der Waals surface area contributed by atoms with Gasteiger partial charge in [-0.15, -0.1) is 0 Å². The first-order valence-corrected chi connectivity index (χ1v) is 13.9. The number of carbonyl (C=O) groups is 1. The van der Waals surface area contributed by atoms with Crippen molar-refractivity contribution in [2.75, 3.05) is 51.4 Å². The van der Waals surface area contributed by atoms with E-state index in [1.54, 1.807) is 7.11 Å². The van der Waals surface area contributed by atoms with Crippen LogP contribution in [-0.2, 0) is 17.6 Å². The lowest BCUT2D eigenvalue weighted by molar-refractivity contribution is -0.106. The second-order valence-electron chi connectivity index (χ2n) is 10.4. The third-order valence-corrected chi connectivity index (χ3v) is 7.57. The fourth-order valence-corrected chi connectivity index (χ4v) is 5.39. The SMILES string of the molecule is COc1c(Nc2ncc(O)c(N)n2)ccc2c1CCCC(N1CCN(C)CC1)C2.C[C@H]1C=CCCC1.NC=O. The van der Waals surface area contributed by atoms with Crippen LogP contribution in [0.3, 0.4) is 0 Å². The van der Waals surface area contributed by atoms with Crippen LogP contribution in [0.1, 0.15) is 50.2 Å². The van der Waals surface area contributed by atoms with E-state index in [2.05, 4.69) is 63.0 Å². The van der Waals surface area contributed by atoms with Gasteiger partial charge in [0.1, 0.15) is 5.75 Å². The van der Waals surface area contributed by atoms with Crippen LogP contribution < -0.4 is 21.5 Å². The number of nitrogens with one attached hydrogen (secondary N) is 1. The van der Waals surface area contributed by atoms with Gasteiger partial charge in [-0.25, -0.2) is 4.98 Å². The molecule has 1 amide bonds. The molecule has 5 rings (SSSR count). The van der Waals surface area contributed by atoms with Gasteiger partial charge in [0.2, 0.25) is 12.4 Å². The highest BCUT2D eigenvalue weighted by atomic mass is 16.5. The van der Waals surface area contributed by atoms with Gasteiger partial charge in [0, 0.05) is 32.2 Å². The van der Waals surface area contributed by atoms with Gasteiger partial charge in [-0.05, 0) is 75.1 Å². The highest BCUT2D eigenvalue weighted by Gasteiger charge is 2.27. The Hall–Kier alpha value is -3.37. The number of nitrogens with two attached hydrogens (primary N) is 2. The van der Waals surface area contributed by atoms with E-state index in [0.717, 1.165) is 62.8 Å². The number of primary amides is 1. The van der Waals surface area contributed by atoms with Crippen LogP contribution in [0, 0.1) is 5.92 Å². The molecule has 1 fully saturated rings. The molecule has 2 aromatic rings. The molecule has 1 aromatic heterocycles. The van der Waals surface area contributed by atoms with Gasteiger partial charge in [0.05, 0.1) is 19.0 Å². The predicted molar refractivity (Wildman–Crippen MR) is 156 cm³/mol. The molecule has 0 radical (unpaired) electrons. The molecule has 6 N–H and O–H groups in total. The zero-order valence-electron chi connectivity index (χ0n) is 23.6. The molecule has 10 nitrogen and oxygen atoms in total. The summed E-state index contributed by atoms with van der Waals surface area (Å²) in [4.78, 5) is 21.8. The quantitative estimate of drug-likeness (QED) is 0.261. The van der Waals surface area contributed by atoms with Gasteiger partial charge in [-0.2, -0.15) is 4.98 Å². The molecule has 39 heavy (non-hydrogen) atoms. The van der Waals surface area contributed by atoms with Crippen LogP contribution >= 0.6 is 0 Å². The summed E-state index contributed by atoms with van der Waals surface area (Å²) >= 11 is 0. The normalized spacial score (nSPS) is 21.2. The molecular formula is C29H45N7O3. The number of hydrogen-bond acceptors (Lipinski definition) is 9. The summed E-state index contributed by atoms with van der Waals surface area (Å²) in [5.41, 5.74) is 13.3. The van der Waals surface area contributed by atoms with Gasteiger partial charge < -0.3 is 31.5 Å². The molecule has 0 bridgehead atoms. The molecule has 0 spiro atoms. The molecule has 1 aromatic carbocycles. The molecule has 2 atom stereocenters. The second kappa shape index (κ2) is 15.3. The number of likely N-dealkylation sites (N-methyl/N-ethyl adjacent to an activating group) is 1. The number of carbonyl (C=O) groups excluding carboxylic acids is 1. The van der Waals surface area contributed by atoms with Crippen LogP contribution in [0.25, 0.3) is 0 Å². The molecule has 2 heterocycles. The number of piperazine rings is 1. The van der Waals surface area contributed by atoms with Gasteiger partial charge in [0.15, 0.2) is 11.6 Å². The Morgan fingerprint density at radius 1 is 1.18 bits per heavy atom. The predicted octanol–water partition coefficient (Wildman–Crippen LogP) is 3.48. The van der Waals surface area contributed by atoms with Crippen molar-refractivity contribution in [1.82, 2.24) is 19.8 Å². The van der Waals surface area contributed by atoms with Crippen molar-refractivity contribution in [2.24, 2.45) is 11.7 Å². The highest BCUT2D eigenvalue weighted by molar-refractivity contribution is 5.68. The van der Waals surface area contributed by atoms with Gasteiger partial charge in [-0.3, -0.25) is 9.69 Å². The van der Waals surface area contributed by atoms with E-state index in [4.69, 9.17) is 15.3 Å². The molecule has 1 saturated heterocycles. The third kappa shape index (κ3) is 8.83. The summed E-state index contributed by atoms with van der Waals surface area (Å²) in [5.74, 6) is 1.96. The summed E-state index contributed by atoms with van der Waals surface area (Å²) in [5, 5.41) is 12.7. The molecule has 2 aliphatic carbocycles. The minimum atomic E-state index is -0.126. The largest absolute Gasteiger partial charge is 0.503 e. The lowest BCUT2D eigenvalue weighted by atomic mass is 9.98. The first kappa shape index (κ1) is 30.2. The number of allylic oxidation sites excluding steroid dienone is 2. The smallest absolute Gasteiger partial charge is 0.229 e. The number of fused-ring (bicyclic) bond motifs is 1. The topological polar surface area (TPSA) is 143 Å². The van der Waals surface area contributed by atoms with E-state index < -0.39 is 0 Å². The lowest BCUT2D eigenvalue weighted by Crippen LogP contribution is -2.49. The van der Waals surface area contributed by atoms with Crippen LogP contribution in [0.5, 0.6) is 11.5 Å². The number of benzene rings is 1. The number of methoxy groups -OCH3 is 1. The Balaban J connectivity index is 0.000000356. The molecular weight excluding hydrogens is 494 g/mol. The minimum absolute atomic E-state index is 0.0474. The summed E-state index contributed by atoms with van der Waals surface area (Å²) < 4.78 is 5.80. The number of ether oxygens (including phenoxy) is 1. The number of hydrogen-bond donors (Lipinski definition) is 4.